The van der Waals surface area contributed by atoms with Gasteiger partial charge in [-0.25, -0.2) is 0 Å². The van der Waals surface area contributed by atoms with Gasteiger partial charge in [-0.3, -0.25) is 4.79 Å². The van der Waals surface area contributed by atoms with E-state index in [0.717, 1.165) is 37.3 Å². The summed E-state index contributed by atoms with van der Waals surface area (Å²) < 4.78 is 0. The molecule has 1 aliphatic carbocycles. The zero-order chi connectivity index (χ0) is 10.7. The largest absolute Gasteiger partial charge is 0.394 e. The monoisotopic (exact) mass is 230 g/mol. The molecule has 2 aliphatic rings. The number of aliphatic hydroxyl groups excluding tert-OH is 1. The molecule has 0 bridgehead atoms. The van der Waals surface area contributed by atoms with Crippen molar-refractivity contribution in [3.63, 3.8) is 0 Å². The Morgan fingerprint density at radius 1 is 1.60 bits per heavy atom. The van der Waals surface area contributed by atoms with Crippen molar-refractivity contribution in [2.45, 2.75) is 30.8 Å². The van der Waals surface area contributed by atoms with Gasteiger partial charge in [0, 0.05) is 18.1 Å². The van der Waals surface area contributed by atoms with E-state index in [-0.39, 0.29) is 24.1 Å². The molecule has 0 spiro atoms. The molecule has 2 rings (SSSR count). The highest BCUT2D eigenvalue weighted by molar-refractivity contribution is 7.99. The second kappa shape index (κ2) is 4.72. The Hall–Kier alpha value is -0.260. The third kappa shape index (κ3) is 2.46. The van der Waals surface area contributed by atoms with Crippen molar-refractivity contribution in [1.29, 1.82) is 0 Å². The van der Waals surface area contributed by atoms with E-state index in [0.29, 0.717) is 0 Å². The van der Waals surface area contributed by atoms with Gasteiger partial charge in [-0.1, -0.05) is 0 Å². The van der Waals surface area contributed by atoms with Crippen molar-refractivity contribution in [2.24, 2.45) is 0 Å². The first-order chi connectivity index (χ1) is 7.26. The minimum Gasteiger partial charge on any atom is -0.394 e. The summed E-state index contributed by atoms with van der Waals surface area (Å²) in [7, 11) is 0. The number of amides is 1. The molecule has 1 heterocycles. The zero-order valence-corrected chi connectivity index (χ0v) is 9.61. The van der Waals surface area contributed by atoms with E-state index >= 15 is 0 Å². The van der Waals surface area contributed by atoms with Crippen LogP contribution in [0, 0.1) is 0 Å². The van der Waals surface area contributed by atoms with Crippen LogP contribution in [0.2, 0.25) is 0 Å². The second-order valence-corrected chi connectivity index (χ2v) is 5.51. The van der Waals surface area contributed by atoms with Crippen molar-refractivity contribution >= 4 is 17.7 Å². The molecule has 86 valence electrons. The number of carbonyl (C=O) groups is 1. The summed E-state index contributed by atoms with van der Waals surface area (Å²) in [6.07, 6.45) is 2.93. The first kappa shape index (κ1) is 11.2. The van der Waals surface area contributed by atoms with Crippen LogP contribution in [-0.2, 0) is 4.79 Å². The number of carbonyl (C=O) groups excluding carboxylic acids is 1. The molecule has 1 aliphatic heterocycles. The molecular weight excluding hydrogens is 212 g/mol. The second-order valence-electron chi connectivity index (χ2n) is 4.36. The number of hydrogen-bond acceptors (Lipinski definition) is 4. The average Bonchev–Trinajstić information content (AvgIpc) is 2.24. The summed E-state index contributed by atoms with van der Waals surface area (Å²) >= 11 is 1.80. The predicted molar refractivity (Wildman–Crippen MR) is 60.9 cm³/mol. The van der Waals surface area contributed by atoms with E-state index < -0.39 is 0 Å². The van der Waals surface area contributed by atoms with Gasteiger partial charge in [-0.2, -0.15) is 11.8 Å². The highest BCUT2D eigenvalue weighted by Gasteiger charge is 2.39. The predicted octanol–water partition coefficient (Wildman–Crippen LogP) is -0.277. The van der Waals surface area contributed by atoms with Gasteiger partial charge < -0.3 is 15.7 Å². The molecular formula is C10H18N2O2S. The van der Waals surface area contributed by atoms with Crippen LogP contribution in [0.25, 0.3) is 0 Å². The molecule has 1 saturated heterocycles. The van der Waals surface area contributed by atoms with E-state index in [9.17, 15) is 9.90 Å². The molecule has 1 atom stereocenters. The fourth-order valence-electron chi connectivity index (χ4n) is 2.01. The van der Waals surface area contributed by atoms with Crippen molar-refractivity contribution in [3.8, 4) is 0 Å². The highest BCUT2D eigenvalue weighted by atomic mass is 32.2. The third-order valence-electron chi connectivity index (χ3n) is 3.24. The summed E-state index contributed by atoms with van der Waals surface area (Å²) in [5, 5.41) is 15.4. The van der Waals surface area contributed by atoms with Crippen LogP contribution in [0.3, 0.4) is 0 Å². The zero-order valence-electron chi connectivity index (χ0n) is 8.79. The standard InChI is InChI=1S/C10H18N2O2S/c13-7-10(2-1-3-10)12-9(14)8-6-15-5-4-11-8/h8,11,13H,1-7H2,(H,12,14). The molecule has 15 heavy (non-hydrogen) atoms. The molecule has 1 unspecified atom stereocenters. The molecule has 0 radical (unpaired) electrons. The Morgan fingerprint density at radius 3 is 2.87 bits per heavy atom. The molecule has 3 N–H and O–H groups in total. The quantitative estimate of drug-likeness (QED) is 0.624. The van der Waals surface area contributed by atoms with Crippen LogP contribution >= 0.6 is 11.8 Å². The van der Waals surface area contributed by atoms with Crippen LogP contribution in [0.15, 0.2) is 0 Å². The topological polar surface area (TPSA) is 61.4 Å². The maximum atomic E-state index is 11.9. The average molecular weight is 230 g/mol. The van der Waals surface area contributed by atoms with E-state index in [1.165, 1.54) is 0 Å². The van der Waals surface area contributed by atoms with Crippen molar-refractivity contribution < 1.29 is 9.90 Å². The van der Waals surface area contributed by atoms with Crippen LogP contribution in [0.5, 0.6) is 0 Å². The Balaban J connectivity index is 1.85. The summed E-state index contributed by atoms with van der Waals surface area (Å²) in [6.45, 7) is 0.966. The third-order valence-corrected chi connectivity index (χ3v) is 4.30. The van der Waals surface area contributed by atoms with Gasteiger partial charge >= 0.3 is 0 Å². The lowest BCUT2D eigenvalue weighted by atomic mass is 9.77. The number of hydrogen-bond donors (Lipinski definition) is 3. The van der Waals surface area contributed by atoms with Crippen LogP contribution < -0.4 is 10.6 Å². The van der Waals surface area contributed by atoms with Crippen LogP contribution in [-0.4, -0.2) is 47.3 Å². The summed E-state index contributed by atoms with van der Waals surface area (Å²) in [5.74, 6) is 1.97. The summed E-state index contributed by atoms with van der Waals surface area (Å²) in [6, 6.07) is -0.0761. The van der Waals surface area contributed by atoms with Crippen molar-refractivity contribution in [2.75, 3.05) is 24.7 Å². The van der Waals surface area contributed by atoms with Crippen molar-refractivity contribution in [1.82, 2.24) is 10.6 Å². The van der Waals surface area contributed by atoms with Gasteiger partial charge in [0.1, 0.15) is 0 Å². The number of thioether (sulfide) groups is 1. The van der Waals surface area contributed by atoms with E-state index in [1.807, 2.05) is 0 Å². The molecule has 0 aromatic carbocycles. The molecule has 4 nitrogen and oxygen atoms in total. The van der Waals surface area contributed by atoms with E-state index in [2.05, 4.69) is 10.6 Å². The van der Waals surface area contributed by atoms with E-state index in [1.54, 1.807) is 11.8 Å². The first-order valence-electron chi connectivity index (χ1n) is 5.50. The Morgan fingerprint density at radius 2 is 2.40 bits per heavy atom. The lowest BCUT2D eigenvalue weighted by molar-refractivity contribution is -0.126. The fourth-order valence-corrected chi connectivity index (χ4v) is 2.94. The maximum Gasteiger partial charge on any atom is 0.238 e. The molecule has 1 saturated carbocycles. The maximum absolute atomic E-state index is 11.9. The number of rotatable bonds is 3. The van der Waals surface area contributed by atoms with E-state index in [4.69, 9.17) is 0 Å². The fraction of sp³-hybridized carbons (Fsp3) is 0.900. The SMILES string of the molecule is O=C(NC1(CO)CCC1)C1CSCCN1. The van der Waals surface area contributed by atoms with Gasteiger partial charge in [0.15, 0.2) is 0 Å². The van der Waals surface area contributed by atoms with Gasteiger partial charge in [-0.05, 0) is 19.3 Å². The highest BCUT2D eigenvalue weighted by Crippen LogP contribution is 2.31. The molecule has 1 amide bonds. The summed E-state index contributed by atoms with van der Waals surface area (Å²) in [5.41, 5.74) is -0.305. The Bertz CT molecular complexity index is 232. The smallest absolute Gasteiger partial charge is 0.238 e. The van der Waals surface area contributed by atoms with Gasteiger partial charge in [0.2, 0.25) is 5.91 Å². The molecule has 0 aromatic rings. The minimum absolute atomic E-state index is 0.0518. The number of aliphatic hydroxyl groups is 1. The van der Waals surface area contributed by atoms with Gasteiger partial charge in [-0.15, -0.1) is 0 Å². The van der Waals surface area contributed by atoms with Gasteiger partial charge in [0.05, 0.1) is 18.2 Å². The minimum atomic E-state index is -0.305. The Labute approximate surface area is 94.2 Å². The molecule has 5 heteroatoms. The Kier molecular flexibility index (Phi) is 3.53. The number of nitrogens with one attached hydrogen (secondary N) is 2. The first-order valence-corrected chi connectivity index (χ1v) is 6.65. The van der Waals surface area contributed by atoms with Crippen LogP contribution in [0.4, 0.5) is 0 Å². The van der Waals surface area contributed by atoms with Crippen molar-refractivity contribution in [3.05, 3.63) is 0 Å². The lowest BCUT2D eigenvalue weighted by Crippen LogP contribution is -2.61. The lowest BCUT2D eigenvalue weighted by Gasteiger charge is -2.42. The van der Waals surface area contributed by atoms with Crippen LogP contribution in [0.1, 0.15) is 19.3 Å². The molecule has 2 fully saturated rings. The van der Waals surface area contributed by atoms with Gasteiger partial charge in [0.25, 0.3) is 0 Å². The normalized spacial score (nSPS) is 29.3. The summed E-state index contributed by atoms with van der Waals surface area (Å²) in [4.78, 5) is 11.9. The molecule has 0 aromatic heterocycles.